The largest absolute Gasteiger partial charge is 0.332 e. The topological polar surface area (TPSA) is 49.4 Å². The van der Waals surface area contributed by atoms with Gasteiger partial charge in [-0.2, -0.15) is 0 Å². The van der Waals surface area contributed by atoms with Gasteiger partial charge >= 0.3 is 6.03 Å². The molecule has 0 radical (unpaired) electrons. The van der Waals surface area contributed by atoms with Crippen molar-refractivity contribution in [3.8, 4) is 0 Å². The molecule has 1 heterocycles. The number of hydrogen-bond donors (Lipinski definition) is 1. The van der Waals surface area contributed by atoms with Crippen molar-refractivity contribution in [3.63, 3.8) is 0 Å². The van der Waals surface area contributed by atoms with Gasteiger partial charge in [0.1, 0.15) is 0 Å². The number of carbonyl (C=O) groups is 2. The van der Waals surface area contributed by atoms with Crippen molar-refractivity contribution in [3.05, 3.63) is 0 Å². The lowest BCUT2D eigenvalue weighted by Gasteiger charge is -2.48. The van der Waals surface area contributed by atoms with Crippen LogP contribution in [0.5, 0.6) is 0 Å². The molecule has 15 heavy (non-hydrogen) atoms. The number of carbonyl (C=O) groups excluding carboxylic acids is 2. The summed E-state index contributed by atoms with van der Waals surface area (Å²) in [5.41, 5.74) is -1.05. The van der Waals surface area contributed by atoms with Crippen LogP contribution < -0.4 is 5.32 Å². The Labute approximate surface area is 91.0 Å². The van der Waals surface area contributed by atoms with Crippen LogP contribution in [0.1, 0.15) is 41.0 Å². The minimum atomic E-state index is -0.559. The Kier molecular flexibility index (Phi) is 2.81. The second-order valence-corrected chi connectivity index (χ2v) is 5.14. The van der Waals surface area contributed by atoms with Gasteiger partial charge in [0.2, 0.25) is 5.91 Å². The first-order valence-corrected chi connectivity index (χ1v) is 5.38. The number of nitrogens with one attached hydrogen (secondary N) is 1. The van der Waals surface area contributed by atoms with Crippen LogP contribution in [0.25, 0.3) is 0 Å². The second kappa shape index (κ2) is 3.51. The first-order chi connectivity index (χ1) is 6.74. The van der Waals surface area contributed by atoms with Gasteiger partial charge < -0.3 is 5.32 Å². The SMILES string of the molecule is CCCN1C(=O)NC(C)(C)C(C)(C)C1=O. The zero-order valence-electron chi connectivity index (χ0n) is 10.2. The average molecular weight is 212 g/mol. The molecule has 0 aromatic carbocycles. The molecule has 0 aliphatic carbocycles. The molecule has 0 aromatic heterocycles. The maximum atomic E-state index is 12.1. The van der Waals surface area contributed by atoms with Gasteiger partial charge in [-0.05, 0) is 34.1 Å². The minimum Gasteiger partial charge on any atom is -0.332 e. The van der Waals surface area contributed by atoms with Crippen molar-refractivity contribution in [2.24, 2.45) is 5.41 Å². The summed E-state index contributed by atoms with van der Waals surface area (Å²) in [5, 5.41) is 2.88. The summed E-state index contributed by atoms with van der Waals surface area (Å²) in [5.74, 6) is -0.0851. The van der Waals surface area contributed by atoms with Gasteiger partial charge in [0.15, 0.2) is 0 Å². The molecular formula is C11H20N2O2. The number of hydrogen-bond acceptors (Lipinski definition) is 2. The fourth-order valence-corrected chi connectivity index (χ4v) is 1.61. The molecule has 0 bridgehead atoms. The normalized spacial score (nSPS) is 23.9. The summed E-state index contributed by atoms with van der Waals surface area (Å²) < 4.78 is 0. The van der Waals surface area contributed by atoms with Gasteiger partial charge in [0.25, 0.3) is 0 Å². The zero-order chi connectivity index (χ0) is 11.9. The van der Waals surface area contributed by atoms with Gasteiger partial charge in [-0.3, -0.25) is 9.69 Å². The second-order valence-electron chi connectivity index (χ2n) is 5.14. The van der Waals surface area contributed by atoms with E-state index in [2.05, 4.69) is 5.32 Å². The highest BCUT2D eigenvalue weighted by Crippen LogP contribution is 2.35. The van der Waals surface area contributed by atoms with Gasteiger partial charge in [-0.15, -0.1) is 0 Å². The smallest absolute Gasteiger partial charge is 0.324 e. The third-order valence-electron chi connectivity index (χ3n) is 3.45. The Morgan fingerprint density at radius 1 is 1.20 bits per heavy atom. The van der Waals surface area contributed by atoms with E-state index in [4.69, 9.17) is 0 Å². The highest BCUT2D eigenvalue weighted by atomic mass is 16.2. The molecule has 3 amide bonds. The van der Waals surface area contributed by atoms with E-state index in [0.717, 1.165) is 6.42 Å². The molecule has 1 aliphatic rings. The number of imide groups is 1. The lowest BCUT2D eigenvalue weighted by molar-refractivity contribution is -0.144. The summed E-state index contributed by atoms with van der Waals surface area (Å²) in [6.45, 7) is 9.95. The van der Waals surface area contributed by atoms with Crippen molar-refractivity contribution >= 4 is 11.9 Å². The predicted molar refractivity (Wildman–Crippen MR) is 58.4 cm³/mol. The van der Waals surface area contributed by atoms with E-state index < -0.39 is 11.0 Å². The highest BCUT2D eigenvalue weighted by molar-refractivity contribution is 6.01. The van der Waals surface area contributed by atoms with Gasteiger partial charge in [-0.1, -0.05) is 6.92 Å². The Morgan fingerprint density at radius 2 is 1.73 bits per heavy atom. The lowest BCUT2D eigenvalue weighted by atomic mass is 9.72. The maximum absolute atomic E-state index is 12.1. The van der Waals surface area contributed by atoms with E-state index in [1.165, 1.54) is 4.90 Å². The Balaban J connectivity index is 3.02. The van der Waals surface area contributed by atoms with Crippen molar-refractivity contribution in [1.29, 1.82) is 0 Å². The average Bonchev–Trinajstić information content (AvgIpc) is 2.09. The molecule has 4 heteroatoms. The first-order valence-electron chi connectivity index (χ1n) is 5.38. The van der Waals surface area contributed by atoms with Crippen molar-refractivity contribution in [2.75, 3.05) is 6.54 Å². The van der Waals surface area contributed by atoms with Crippen LogP contribution in [-0.2, 0) is 4.79 Å². The fourth-order valence-electron chi connectivity index (χ4n) is 1.61. The van der Waals surface area contributed by atoms with Crippen molar-refractivity contribution in [1.82, 2.24) is 10.2 Å². The number of nitrogens with zero attached hydrogens (tertiary/aromatic N) is 1. The molecule has 86 valence electrons. The van der Waals surface area contributed by atoms with Gasteiger partial charge in [-0.25, -0.2) is 4.79 Å². The summed E-state index contributed by atoms with van der Waals surface area (Å²) in [4.78, 5) is 25.1. The van der Waals surface area contributed by atoms with Crippen molar-refractivity contribution in [2.45, 2.75) is 46.6 Å². The van der Waals surface area contributed by atoms with Gasteiger partial charge in [0.05, 0.1) is 11.0 Å². The van der Waals surface area contributed by atoms with Crippen LogP contribution >= 0.6 is 0 Å². The molecule has 4 nitrogen and oxygen atoms in total. The summed E-state index contributed by atoms with van der Waals surface area (Å²) in [6, 6.07) is -0.272. The third kappa shape index (κ3) is 1.73. The Morgan fingerprint density at radius 3 is 2.20 bits per heavy atom. The van der Waals surface area contributed by atoms with E-state index in [-0.39, 0.29) is 11.9 Å². The number of urea groups is 1. The van der Waals surface area contributed by atoms with Crippen LogP contribution in [0.2, 0.25) is 0 Å². The molecule has 0 unspecified atom stereocenters. The summed E-state index contributed by atoms with van der Waals surface area (Å²) >= 11 is 0. The summed E-state index contributed by atoms with van der Waals surface area (Å²) in [7, 11) is 0. The zero-order valence-corrected chi connectivity index (χ0v) is 10.2. The molecule has 1 saturated heterocycles. The molecule has 0 spiro atoms. The van der Waals surface area contributed by atoms with E-state index in [9.17, 15) is 9.59 Å². The van der Waals surface area contributed by atoms with E-state index in [0.29, 0.717) is 6.54 Å². The molecule has 1 N–H and O–H groups in total. The highest BCUT2D eigenvalue weighted by Gasteiger charge is 2.51. The molecular weight excluding hydrogens is 192 g/mol. The van der Waals surface area contributed by atoms with Crippen molar-refractivity contribution < 1.29 is 9.59 Å². The Hall–Kier alpha value is -1.06. The van der Waals surface area contributed by atoms with E-state index in [1.54, 1.807) is 0 Å². The fraction of sp³-hybridized carbons (Fsp3) is 0.818. The number of rotatable bonds is 2. The van der Waals surface area contributed by atoms with Crippen LogP contribution in [0.15, 0.2) is 0 Å². The first kappa shape index (κ1) is 12.0. The molecule has 0 atom stereocenters. The van der Waals surface area contributed by atoms with Crippen LogP contribution in [0.3, 0.4) is 0 Å². The predicted octanol–water partition coefficient (Wildman–Crippen LogP) is 1.75. The van der Waals surface area contributed by atoms with Crippen LogP contribution in [-0.4, -0.2) is 28.9 Å². The molecule has 1 rings (SSSR count). The monoisotopic (exact) mass is 212 g/mol. The maximum Gasteiger partial charge on any atom is 0.324 e. The van der Waals surface area contributed by atoms with Crippen LogP contribution in [0.4, 0.5) is 4.79 Å². The third-order valence-corrected chi connectivity index (χ3v) is 3.45. The Bertz CT molecular complexity index is 295. The molecule has 1 aliphatic heterocycles. The van der Waals surface area contributed by atoms with E-state index in [1.807, 2.05) is 34.6 Å². The summed E-state index contributed by atoms with van der Waals surface area (Å²) in [6.07, 6.45) is 0.787. The standard InChI is InChI=1S/C11H20N2O2/c1-6-7-13-8(14)10(2,3)11(4,5)12-9(13)15/h6-7H2,1-5H3,(H,12,15). The minimum absolute atomic E-state index is 0.0851. The lowest BCUT2D eigenvalue weighted by Crippen LogP contribution is -2.69. The van der Waals surface area contributed by atoms with Crippen LogP contribution in [0, 0.1) is 5.41 Å². The van der Waals surface area contributed by atoms with E-state index >= 15 is 0 Å². The molecule has 1 fully saturated rings. The number of amides is 3. The molecule has 0 aromatic rings. The molecule has 0 saturated carbocycles. The van der Waals surface area contributed by atoms with Gasteiger partial charge in [0, 0.05) is 6.54 Å². The quantitative estimate of drug-likeness (QED) is 0.758.